The third-order valence-corrected chi connectivity index (χ3v) is 3.02. The number of nitrogens with one attached hydrogen (secondary N) is 1. The van der Waals surface area contributed by atoms with Crippen molar-refractivity contribution in [1.29, 1.82) is 0 Å². The number of pyridine rings is 1. The predicted octanol–water partition coefficient (Wildman–Crippen LogP) is 0.849. The number of ether oxygens (including phenoxy) is 2. The first-order valence-corrected chi connectivity index (χ1v) is 6.77. The second kappa shape index (κ2) is 8.43. The van der Waals surface area contributed by atoms with Gasteiger partial charge >= 0.3 is 0 Å². The summed E-state index contributed by atoms with van der Waals surface area (Å²) in [5.74, 6) is 0.0964. The van der Waals surface area contributed by atoms with Crippen LogP contribution < -0.4 is 20.7 Å². The van der Waals surface area contributed by atoms with Crippen LogP contribution in [0.4, 0.5) is 11.4 Å². The second-order valence-electron chi connectivity index (χ2n) is 4.84. The number of hydrogen-bond donors (Lipinski definition) is 2. The first-order chi connectivity index (χ1) is 10.0. The molecule has 1 aromatic rings. The third-order valence-electron chi connectivity index (χ3n) is 3.02. The molecule has 0 bridgehead atoms. The number of carbonyl (C=O) groups excluding carboxylic acids is 1. The molecule has 7 nitrogen and oxygen atoms in total. The van der Waals surface area contributed by atoms with Crippen LogP contribution in [0, 0.1) is 0 Å². The molecule has 0 aliphatic heterocycles. The van der Waals surface area contributed by atoms with Gasteiger partial charge in [0.05, 0.1) is 18.8 Å². The monoisotopic (exact) mass is 296 g/mol. The van der Waals surface area contributed by atoms with E-state index in [0.29, 0.717) is 24.6 Å². The van der Waals surface area contributed by atoms with Crippen molar-refractivity contribution in [2.24, 2.45) is 5.73 Å². The molecule has 0 radical (unpaired) electrons. The largest absolute Gasteiger partial charge is 0.479 e. The minimum atomic E-state index is -0.597. The van der Waals surface area contributed by atoms with Crippen LogP contribution in [0.15, 0.2) is 12.3 Å². The highest BCUT2D eigenvalue weighted by molar-refractivity contribution is 5.98. The topological polar surface area (TPSA) is 89.7 Å². The molecular weight excluding hydrogens is 272 g/mol. The zero-order chi connectivity index (χ0) is 15.8. The van der Waals surface area contributed by atoms with Gasteiger partial charge in [0.15, 0.2) is 0 Å². The van der Waals surface area contributed by atoms with E-state index in [-0.39, 0.29) is 5.91 Å². The molecule has 0 saturated carbocycles. The normalized spacial score (nSPS) is 11.9. The van der Waals surface area contributed by atoms with E-state index in [2.05, 4.69) is 10.3 Å². The number of carbonyl (C=O) groups is 1. The summed E-state index contributed by atoms with van der Waals surface area (Å²) >= 11 is 0. The molecule has 0 aliphatic carbocycles. The van der Waals surface area contributed by atoms with E-state index in [1.54, 1.807) is 19.4 Å². The molecule has 0 aliphatic rings. The van der Waals surface area contributed by atoms with E-state index in [1.165, 1.54) is 7.11 Å². The van der Waals surface area contributed by atoms with Crippen molar-refractivity contribution >= 4 is 17.3 Å². The zero-order valence-electron chi connectivity index (χ0n) is 13.0. The molecule has 0 aromatic carbocycles. The summed E-state index contributed by atoms with van der Waals surface area (Å²) in [5, 5.41) is 2.80. The van der Waals surface area contributed by atoms with Crippen molar-refractivity contribution in [2.45, 2.75) is 18.9 Å². The molecule has 1 amide bonds. The van der Waals surface area contributed by atoms with Crippen LogP contribution in [0.1, 0.15) is 12.8 Å². The molecule has 1 heterocycles. The Morgan fingerprint density at radius 1 is 1.48 bits per heavy atom. The maximum absolute atomic E-state index is 12.2. The minimum absolute atomic E-state index is 0.263. The van der Waals surface area contributed by atoms with Crippen molar-refractivity contribution < 1.29 is 14.3 Å². The number of hydrogen-bond acceptors (Lipinski definition) is 6. The van der Waals surface area contributed by atoms with Crippen LogP contribution in [-0.2, 0) is 9.53 Å². The van der Waals surface area contributed by atoms with E-state index in [0.717, 1.165) is 12.1 Å². The summed E-state index contributed by atoms with van der Waals surface area (Å²) in [6, 6.07) is 1.20. The first-order valence-electron chi connectivity index (χ1n) is 6.77. The summed E-state index contributed by atoms with van der Waals surface area (Å²) < 4.78 is 10.2. The fourth-order valence-electron chi connectivity index (χ4n) is 1.87. The Morgan fingerprint density at radius 3 is 2.76 bits per heavy atom. The van der Waals surface area contributed by atoms with Gasteiger partial charge in [-0.15, -0.1) is 0 Å². The number of nitrogens with two attached hydrogens (primary N) is 1. The molecule has 0 saturated heterocycles. The van der Waals surface area contributed by atoms with Crippen molar-refractivity contribution in [3.63, 3.8) is 0 Å². The number of anilines is 2. The Hall–Kier alpha value is -1.86. The van der Waals surface area contributed by atoms with Gasteiger partial charge in [0, 0.05) is 34.0 Å². The molecule has 1 rings (SSSR count). The predicted molar refractivity (Wildman–Crippen MR) is 82.8 cm³/mol. The van der Waals surface area contributed by atoms with E-state index >= 15 is 0 Å². The van der Waals surface area contributed by atoms with Gasteiger partial charge in [-0.25, -0.2) is 4.98 Å². The molecule has 1 atom stereocenters. The number of methoxy groups -OCH3 is 2. The molecule has 1 aromatic heterocycles. The Balaban J connectivity index is 2.83. The van der Waals surface area contributed by atoms with E-state index in [1.807, 2.05) is 19.0 Å². The summed E-state index contributed by atoms with van der Waals surface area (Å²) in [7, 11) is 6.89. The van der Waals surface area contributed by atoms with Gasteiger partial charge in [0.1, 0.15) is 5.69 Å². The molecule has 0 spiro atoms. The Morgan fingerprint density at radius 2 is 2.19 bits per heavy atom. The lowest BCUT2D eigenvalue weighted by molar-refractivity contribution is -0.117. The SMILES string of the molecule is COCCCC(N)C(=O)Nc1c(N(C)C)ccnc1OC. The summed E-state index contributed by atoms with van der Waals surface area (Å²) in [6.07, 6.45) is 2.91. The Bertz CT molecular complexity index is 466. The fraction of sp³-hybridized carbons (Fsp3) is 0.571. The van der Waals surface area contributed by atoms with Crippen LogP contribution in [0.5, 0.6) is 5.88 Å². The van der Waals surface area contributed by atoms with Gasteiger partial charge in [-0.1, -0.05) is 0 Å². The van der Waals surface area contributed by atoms with Gasteiger partial charge in [0.2, 0.25) is 11.8 Å². The van der Waals surface area contributed by atoms with Crippen molar-refractivity contribution in [2.75, 3.05) is 45.1 Å². The zero-order valence-corrected chi connectivity index (χ0v) is 13.0. The highest BCUT2D eigenvalue weighted by atomic mass is 16.5. The number of amides is 1. The van der Waals surface area contributed by atoms with E-state index in [9.17, 15) is 4.79 Å². The molecular formula is C14H24N4O3. The lowest BCUT2D eigenvalue weighted by atomic mass is 10.1. The highest BCUT2D eigenvalue weighted by Gasteiger charge is 2.19. The van der Waals surface area contributed by atoms with Crippen LogP contribution in [-0.4, -0.2) is 51.9 Å². The van der Waals surface area contributed by atoms with Crippen LogP contribution in [0.3, 0.4) is 0 Å². The molecule has 1 unspecified atom stereocenters. The van der Waals surface area contributed by atoms with Gasteiger partial charge in [-0.3, -0.25) is 4.79 Å². The van der Waals surface area contributed by atoms with Crippen LogP contribution in [0.2, 0.25) is 0 Å². The number of rotatable bonds is 8. The van der Waals surface area contributed by atoms with Crippen molar-refractivity contribution in [3.8, 4) is 5.88 Å². The Labute approximate surface area is 125 Å². The fourth-order valence-corrected chi connectivity index (χ4v) is 1.87. The molecule has 118 valence electrons. The summed E-state index contributed by atoms with van der Waals surface area (Å²) in [6.45, 7) is 0.583. The van der Waals surface area contributed by atoms with Crippen LogP contribution in [0.25, 0.3) is 0 Å². The van der Waals surface area contributed by atoms with Gasteiger partial charge < -0.3 is 25.4 Å². The molecule has 21 heavy (non-hydrogen) atoms. The lowest BCUT2D eigenvalue weighted by Crippen LogP contribution is -2.36. The minimum Gasteiger partial charge on any atom is -0.479 e. The third kappa shape index (κ3) is 4.87. The summed E-state index contributed by atoms with van der Waals surface area (Å²) in [4.78, 5) is 18.1. The average molecular weight is 296 g/mol. The second-order valence-corrected chi connectivity index (χ2v) is 4.84. The number of nitrogens with zero attached hydrogens (tertiary/aromatic N) is 2. The van der Waals surface area contributed by atoms with Crippen molar-refractivity contribution in [1.82, 2.24) is 4.98 Å². The standard InChI is InChI=1S/C14H24N4O3/c1-18(2)11-7-8-16-14(21-4)12(11)17-13(19)10(15)6-5-9-20-3/h7-8,10H,5-6,9,15H2,1-4H3,(H,17,19). The highest BCUT2D eigenvalue weighted by Crippen LogP contribution is 2.32. The van der Waals surface area contributed by atoms with Gasteiger partial charge in [-0.05, 0) is 18.9 Å². The average Bonchev–Trinajstić information content (AvgIpc) is 2.47. The Kier molecular flexibility index (Phi) is 6.90. The maximum atomic E-state index is 12.2. The summed E-state index contributed by atoms with van der Waals surface area (Å²) in [5.41, 5.74) is 7.21. The first kappa shape index (κ1) is 17.2. The smallest absolute Gasteiger partial charge is 0.241 e. The lowest BCUT2D eigenvalue weighted by Gasteiger charge is -2.20. The van der Waals surface area contributed by atoms with Crippen LogP contribution >= 0.6 is 0 Å². The number of aromatic nitrogens is 1. The quantitative estimate of drug-likeness (QED) is 0.691. The maximum Gasteiger partial charge on any atom is 0.241 e. The molecule has 0 fully saturated rings. The molecule has 3 N–H and O–H groups in total. The van der Waals surface area contributed by atoms with Gasteiger partial charge in [-0.2, -0.15) is 0 Å². The molecule has 7 heteroatoms. The van der Waals surface area contributed by atoms with Crippen molar-refractivity contribution in [3.05, 3.63) is 12.3 Å². The van der Waals surface area contributed by atoms with Gasteiger partial charge in [0.25, 0.3) is 0 Å². The van der Waals surface area contributed by atoms with E-state index in [4.69, 9.17) is 15.2 Å². The van der Waals surface area contributed by atoms with E-state index < -0.39 is 6.04 Å².